The Balaban J connectivity index is 1.88. The first-order valence-electron chi connectivity index (χ1n) is 7.36. The summed E-state index contributed by atoms with van der Waals surface area (Å²) < 4.78 is 18.8. The van der Waals surface area contributed by atoms with Gasteiger partial charge in [0.1, 0.15) is 5.82 Å². The zero-order valence-corrected chi connectivity index (χ0v) is 12.4. The Morgan fingerprint density at radius 3 is 2.80 bits per heavy atom. The van der Waals surface area contributed by atoms with Gasteiger partial charge in [-0.05, 0) is 56.0 Å². The van der Waals surface area contributed by atoms with Crippen LogP contribution in [0.3, 0.4) is 0 Å². The Morgan fingerprint density at radius 1 is 1.45 bits per heavy atom. The summed E-state index contributed by atoms with van der Waals surface area (Å²) in [7, 11) is 2.04. The van der Waals surface area contributed by atoms with Crippen molar-refractivity contribution >= 4 is 0 Å². The largest absolute Gasteiger partial charge is 0.380 e. The third kappa shape index (κ3) is 4.27. The summed E-state index contributed by atoms with van der Waals surface area (Å²) in [6, 6.07) is 5.02. The summed E-state index contributed by atoms with van der Waals surface area (Å²) in [5.41, 5.74) is 7.94. The molecule has 0 amide bonds. The molecule has 2 N–H and O–H groups in total. The van der Waals surface area contributed by atoms with Crippen LogP contribution in [0.5, 0.6) is 0 Å². The Labute approximate surface area is 120 Å². The van der Waals surface area contributed by atoms with Gasteiger partial charge in [0.05, 0.1) is 6.61 Å². The summed E-state index contributed by atoms with van der Waals surface area (Å²) in [6.07, 6.45) is 2.63. The van der Waals surface area contributed by atoms with Crippen molar-refractivity contribution in [1.29, 1.82) is 0 Å². The number of hydrogen-bond donors (Lipinski definition) is 1. The van der Waals surface area contributed by atoms with Crippen LogP contribution in [0.2, 0.25) is 0 Å². The van der Waals surface area contributed by atoms with Crippen LogP contribution in [0, 0.1) is 18.7 Å². The highest BCUT2D eigenvalue weighted by molar-refractivity contribution is 5.29. The summed E-state index contributed by atoms with van der Waals surface area (Å²) in [5.74, 6) is 0.599. The monoisotopic (exact) mass is 280 g/mol. The molecule has 2 rings (SSSR count). The molecule has 4 heteroatoms. The second-order valence-electron chi connectivity index (χ2n) is 5.75. The standard InChI is InChI=1S/C16H25FN2O/c1-12-9-14(17)5-6-15(12)16(10-18)19(2)7-8-20-11-13-3-4-13/h5-6,9,13,16H,3-4,7-8,10-11,18H2,1-2H3. The molecule has 1 aliphatic rings. The Bertz CT molecular complexity index is 434. The predicted octanol–water partition coefficient (Wildman–Crippen LogP) is 2.49. The lowest BCUT2D eigenvalue weighted by atomic mass is 10.00. The van der Waals surface area contributed by atoms with Gasteiger partial charge >= 0.3 is 0 Å². The van der Waals surface area contributed by atoms with Gasteiger partial charge in [0.2, 0.25) is 0 Å². The molecule has 1 unspecified atom stereocenters. The van der Waals surface area contributed by atoms with E-state index >= 15 is 0 Å². The highest BCUT2D eigenvalue weighted by Gasteiger charge is 2.21. The average Bonchev–Trinajstić information content (AvgIpc) is 3.22. The minimum absolute atomic E-state index is 0.111. The van der Waals surface area contributed by atoms with E-state index < -0.39 is 0 Å². The van der Waals surface area contributed by atoms with E-state index in [1.165, 1.54) is 18.9 Å². The average molecular weight is 280 g/mol. The van der Waals surface area contributed by atoms with Crippen molar-refractivity contribution in [2.45, 2.75) is 25.8 Å². The summed E-state index contributed by atoms with van der Waals surface area (Å²) >= 11 is 0. The van der Waals surface area contributed by atoms with Crippen LogP contribution in [-0.2, 0) is 4.74 Å². The fraction of sp³-hybridized carbons (Fsp3) is 0.625. The minimum Gasteiger partial charge on any atom is -0.380 e. The Hall–Kier alpha value is -0.970. The molecule has 0 bridgehead atoms. The molecule has 0 radical (unpaired) electrons. The molecule has 1 aromatic carbocycles. The van der Waals surface area contributed by atoms with E-state index in [9.17, 15) is 4.39 Å². The van der Waals surface area contributed by atoms with Crippen molar-refractivity contribution in [2.75, 3.05) is 33.4 Å². The van der Waals surface area contributed by atoms with Gasteiger partial charge < -0.3 is 10.5 Å². The number of hydrogen-bond acceptors (Lipinski definition) is 3. The zero-order valence-electron chi connectivity index (χ0n) is 12.4. The summed E-state index contributed by atoms with van der Waals surface area (Å²) in [6.45, 7) is 4.90. The third-order valence-corrected chi connectivity index (χ3v) is 3.98. The van der Waals surface area contributed by atoms with Crippen LogP contribution in [0.1, 0.15) is 30.0 Å². The fourth-order valence-electron chi connectivity index (χ4n) is 2.46. The van der Waals surface area contributed by atoms with Crippen LogP contribution in [0.25, 0.3) is 0 Å². The SMILES string of the molecule is Cc1cc(F)ccc1C(CN)N(C)CCOCC1CC1. The number of benzene rings is 1. The highest BCUT2D eigenvalue weighted by Crippen LogP contribution is 2.28. The molecule has 1 fully saturated rings. The van der Waals surface area contributed by atoms with Gasteiger partial charge in [0.15, 0.2) is 0 Å². The number of nitrogens with zero attached hydrogens (tertiary/aromatic N) is 1. The molecular formula is C16H25FN2O. The van der Waals surface area contributed by atoms with E-state index in [0.29, 0.717) is 6.54 Å². The zero-order chi connectivity index (χ0) is 14.5. The molecular weight excluding hydrogens is 255 g/mol. The van der Waals surface area contributed by atoms with Crippen molar-refractivity contribution in [3.05, 3.63) is 35.1 Å². The topological polar surface area (TPSA) is 38.5 Å². The summed E-state index contributed by atoms with van der Waals surface area (Å²) in [4.78, 5) is 2.19. The molecule has 0 aliphatic heterocycles. The first kappa shape index (κ1) is 15.4. The molecule has 112 valence electrons. The number of aryl methyl sites for hydroxylation is 1. The van der Waals surface area contributed by atoms with Gasteiger partial charge in [0, 0.05) is 25.7 Å². The van der Waals surface area contributed by atoms with E-state index in [2.05, 4.69) is 4.90 Å². The van der Waals surface area contributed by atoms with Crippen LogP contribution in [0.15, 0.2) is 18.2 Å². The molecule has 0 saturated heterocycles. The second kappa shape index (κ2) is 7.16. The summed E-state index contributed by atoms with van der Waals surface area (Å²) in [5, 5.41) is 0. The van der Waals surface area contributed by atoms with Gasteiger partial charge in [-0.15, -0.1) is 0 Å². The number of ether oxygens (including phenoxy) is 1. The molecule has 1 saturated carbocycles. The smallest absolute Gasteiger partial charge is 0.123 e. The van der Waals surface area contributed by atoms with E-state index in [1.54, 1.807) is 6.07 Å². The lowest BCUT2D eigenvalue weighted by Gasteiger charge is -2.28. The molecule has 0 aromatic heterocycles. The van der Waals surface area contributed by atoms with Gasteiger partial charge in [-0.25, -0.2) is 4.39 Å². The van der Waals surface area contributed by atoms with Crippen molar-refractivity contribution in [3.63, 3.8) is 0 Å². The van der Waals surface area contributed by atoms with E-state index in [4.69, 9.17) is 10.5 Å². The fourth-order valence-corrected chi connectivity index (χ4v) is 2.46. The number of rotatable bonds is 8. The van der Waals surface area contributed by atoms with E-state index in [-0.39, 0.29) is 11.9 Å². The van der Waals surface area contributed by atoms with Gasteiger partial charge in [-0.1, -0.05) is 6.07 Å². The molecule has 1 aliphatic carbocycles. The second-order valence-corrected chi connectivity index (χ2v) is 5.75. The van der Waals surface area contributed by atoms with Crippen LogP contribution < -0.4 is 5.73 Å². The third-order valence-electron chi connectivity index (χ3n) is 3.98. The van der Waals surface area contributed by atoms with Crippen LogP contribution in [0.4, 0.5) is 4.39 Å². The number of likely N-dealkylation sites (N-methyl/N-ethyl adjacent to an activating group) is 1. The molecule has 20 heavy (non-hydrogen) atoms. The van der Waals surface area contributed by atoms with Crippen molar-refractivity contribution in [2.24, 2.45) is 11.7 Å². The highest BCUT2D eigenvalue weighted by atomic mass is 19.1. The van der Waals surface area contributed by atoms with Gasteiger partial charge in [-0.3, -0.25) is 4.90 Å². The minimum atomic E-state index is -0.197. The van der Waals surface area contributed by atoms with Crippen molar-refractivity contribution in [1.82, 2.24) is 4.90 Å². The lowest BCUT2D eigenvalue weighted by molar-refractivity contribution is 0.0921. The molecule has 0 heterocycles. The molecule has 1 aromatic rings. The van der Waals surface area contributed by atoms with Crippen LogP contribution in [-0.4, -0.2) is 38.3 Å². The molecule has 3 nitrogen and oxygen atoms in total. The maximum Gasteiger partial charge on any atom is 0.123 e. The normalized spacial score (nSPS) is 16.6. The maximum atomic E-state index is 13.2. The predicted molar refractivity (Wildman–Crippen MR) is 79.1 cm³/mol. The molecule has 0 spiro atoms. The lowest BCUT2D eigenvalue weighted by Crippen LogP contribution is -2.33. The molecule has 1 atom stereocenters. The van der Waals surface area contributed by atoms with Crippen molar-refractivity contribution in [3.8, 4) is 0 Å². The first-order valence-corrected chi connectivity index (χ1v) is 7.36. The van der Waals surface area contributed by atoms with E-state index in [0.717, 1.165) is 36.8 Å². The number of halogens is 1. The number of nitrogens with two attached hydrogens (primary N) is 1. The van der Waals surface area contributed by atoms with Gasteiger partial charge in [0.25, 0.3) is 0 Å². The van der Waals surface area contributed by atoms with E-state index in [1.807, 2.05) is 20.0 Å². The van der Waals surface area contributed by atoms with Crippen LogP contribution >= 0.6 is 0 Å². The van der Waals surface area contributed by atoms with Gasteiger partial charge in [-0.2, -0.15) is 0 Å². The van der Waals surface area contributed by atoms with Crippen molar-refractivity contribution < 1.29 is 9.13 Å². The quantitative estimate of drug-likeness (QED) is 0.744. The first-order chi connectivity index (χ1) is 9.61. The maximum absolute atomic E-state index is 13.2. The Morgan fingerprint density at radius 2 is 2.20 bits per heavy atom. The Kier molecular flexibility index (Phi) is 5.52.